The van der Waals surface area contributed by atoms with E-state index >= 15 is 0 Å². The predicted octanol–water partition coefficient (Wildman–Crippen LogP) is 3.18. The van der Waals surface area contributed by atoms with E-state index in [-0.39, 0.29) is 35.5 Å². The normalized spacial score (nSPS) is 31.1. The molecule has 1 saturated carbocycles. The standard InChI is InChI=1S/C19H21NO3/c1-2-3-10-23-15-8-6-14(7-9-15)20-18(21)16-12-4-5-13(11-12)17(16)19(20)22/h4-9,12-13,16-17H,2-3,10-11H2,1H3/t12-,13-,16+,17+/m1/s1. The van der Waals surface area contributed by atoms with Crippen molar-refractivity contribution in [3.05, 3.63) is 36.4 Å². The summed E-state index contributed by atoms with van der Waals surface area (Å²) >= 11 is 0. The molecule has 0 radical (unpaired) electrons. The zero-order chi connectivity index (χ0) is 16.0. The van der Waals surface area contributed by atoms with E-state index in [9.17, 15) is 9.59 Å². The monoisotopic (exact) mass is 311 g/mol. The molecule has 2 bridgehead atoms. The lowest BCUT2D eigenvalue weighted by Crippen LogP contribution is -2.32. The second kappa shape index (κ2) is 5.52. The van der Waals surface area contributed by atoms with Crippen LogP contribution in [0.4, 0.5) is 5.69 Å². The minimum atomic E-state index is -0.141. The van der Waals surface area contributed by atoms with Crippen molar-refractivity contribution in [3.8, 4) is 5.75 Å². The molecule has 2 fully saturated rings. The van der Waals surface area contributed by atoms with E-state index in [1.165, 1.54) is 4.90 Å². The molecule has 2 amide bonds. The molecule has 3 aliphatic rings. The predicted molar refractivity (Wildman–Crippen MR) is 87.1 cm³/mol. The lowest BCUT2D eigenvalue weighted by Gasteiger charge is -2.17. The maximum atomic E-state index is 12.7. The van der Waals surface area contributed by atoms with Crippen molar-refractivity contribution < 1.29 is 14.3 Å². The van der Waals surface area contributed by atoms with Crippen molar-refractivity contribution in [2.24, 2.45) is 23.7 Å². The minimum absolute atomic E-state index is 0.0310. The van der Waals surface area contributed by atoms with Crippen LogP contribution in [0.2, 0.25) is 0 Å². The number of imide groups is 1. The summed E-state index contributed by atoms with van der Waals surface area (Å²) in [7, 11) is 0. The Bertz CT molecular complexity index is 634. The number of benzene rings is 1. The van der Waals surface area contributed by atoms with Crippen LogP contribution in [0, 0.1) is 23.7 Å². The Balaban J connectivity index is 1.52. The molecule has 1 saturated heterocycles. The first-order chi connectivity index (χ1) is 11.2. The highest BCUT2D eigenvalue weighted by molar-refractivity contribution is 6.22. The number of hydrogen-bond donors (Lipinski definition) is 0. The fourth-order valence-corrected chi connectivity index (χ4v) is 4.18. The van der Waals surface area contributed by atoms with Gasteiger partial charge in [-0.25, -0.2) is 0 Å². The highest BCUT2D eigenvalue weighted by atomic mass is 16.5. The van der Waals surface area contributed by atoms with Crippen molar-refractivity contribution in [1.29, 1.82) is 0 Å². The Hall–Kier alpha value is -2.10. The van der Waals surface area contributed by atoms with Crippen LogP contribution in [0.15, 0.2) is 36.4 Å². The van der Waals surface area contributed by atoms with Crippen LogP contribution in [0.5, 0.6) is 5.75 Å². The number of nitrogens with zero attached hydrogens (tertiary/aromatic N) is 1. The molecule has 4 nitrogen and oxygen atoms in total. The average molecular weight is 311 g/mol. The highest BCUT2D eigenvalue weighted by Gasteiger charge is 2.59. The summed E-state index contributed by atoms with van der Waals surface area (Å²) in [6, 6.07) is 7.31. The highest BCUT2D eigenvalue weighted by Crippen LogP contribution is 2.53. The molecule has 1 aromatic rings. The molecule has 1 aromatic carbocycles. The fourth-order valence-electron chi connectivity index (χ4n) is 4.18. The van der Waals surface area contributed by atoms with Crippen LogP contribution in [-0.4, -0.2) is 18.4 Å². The Kier molecular flexibility index (Phi) is 3.47. The molecule has 23 heavy (non-hydrogen) atoms. The molecule has 0 spiro atoms. The van der Waals surface area contributed by atoms with Crippen LogP contribution in [0.25, 0.3) is 0 Å². The molecule has 4 atom stereocenters. The minimum Gasteiger partial charge on any atom is -0.494 e. The van der Waals surface area contributed by atoms with Crippen molar-refractivity contribution in [1.82, 2.24) is 0 Å². The molecule has 2 aliphatic carbocycles. The quantitative estimate of drug-likeness (QED) is 0.477. The maximum absolute atomic E-state index is 12.7. The number of unbranched alkanes of at least 4 members (excludes halogenated alkanes) is 1. The number of carbonyl (C=O) groups is 2. The number of amides is 2. The molecule has 0 unspecified atom stereocenters. The van der Waals surface area contributed by atoms with Gasteiger partial charge < -0.3 is 4.74 Å². The van der Waals surface area contributed by atoms with Crippen molar-refractivity contribution in [3.63, 3.8) is 0 Å². The number of carbonyl (C=O) groups excluding carboxylic acids is 2. The summed E-state index contributed by atoms with van der Waals surface area (Å²) in [5.41, 5.74) is 0.664. The van der Waals surface area contributed by atoms with Crippen LogP contribution in [0.3, 0.4) is 0 Å². The molecule has 0 N–H and O–H groups in total. The number of anilines is 1. The topological polar surface area (TPSA) is 46.6 Å². The van der Waals surface area contributed by atoms with Crippen LogP contribution in [0.1, 0.15) is 26.2 Å². The zero-order valence-corrected chi connectivity index (χ0v) is 13.3. The van der Waals surface area contributed by atoms with Gasteiger partial charge in [-0.3, -0.25) is 14.5 Å². The number of hydrogen-bond acceptors (Lipinski definition) is 3. The fraction of sp³-hybridized carbons (Fsp3) is 0.474. The SMILES string of the molecule is CCCCOc1ccc(N2C(=O)[C@@H]3[C@@H](C2=O)[C@@H]2C=C[C@@H]3C2)cc1. The molecule has 120 valence electrons. The van der Waals surface area contributed by atoms with Gasteiger partial charge in [0.2, 0.25) is 11.8 Å². The third-order valence-corrected chi connectivity index (χ3v) is 5.33. The third kappa shape index (κ3) is 2.19. The summed E-state index contributed by atoms with van der Waals surface area (Å²) in [4.78, 5) is 26.8. The molecule has 4 rings (SSSR count). The van der Waals surface area contributed by atoms with Crippen LogP contribution < -0.4 is 9.64 Å². The van der Waals surface area contributed by atoms with E-state index in [0.717, 1.165) is 25.0 Å². The maximum Gasteiger partial charge on any atom is 0.238 e. The second-order valence-electron chi connectivity index (χ2n) is 6.71. The molecule has 4 heteroatoms. The number of rotatable bonds is 5. The summed E-state index contributed by atoms with van der Waals surface area (Å²) < 4.78 is 5.64. The van der Waals surface area contributed by atoms with E-state index in [1.54, 1.807) is 0 Å². The second-order valence-corrected chi connectivity index (χ2v) is 6.71. The number of ether oxygens (including phenoxy) is 1. The van der Waals surface area contributed by atoms with Crippen molar-refractivity contribution in [2.45, 2.75) is 26.2 Å². The van der Waals surface area contributed by atoms with E-state index in [0.29, 0.717) is 12.3 Å². The van der Waals surface area contributed by atoms with E-state index in [4.69, 9.17) is 4.74 Å². The van der Waals surface area contributed by atoms with Gasteiger partial charge in [0.1, 0.15) is 5.75 Å². The Morgan fingerprint density at radius 3 is 2.22 bits per heavy atom. The van der Waals surface area contributed by atoms with E-state index in [2.05, 4.69) is 19.1 Å². The van der Waals surface area contributed by atoms with E-state index in [1.807, 2.05) is 24.3 Å². The lowest BCUT2D eigenvalue weighted by atomic mass is 9.85. The van der Waals surface area contributed by atoms with E-state index < -0.39 is 0 Å². The van der Waals surface area contributed by atoms with Gasteiger partial charge in [0.25, 0.3) is 0 Å². The Morgan fingerprint density at radius 1 is 1.04 bits per heavy atom. The zero-order valence-electron chi connectivity index (χ0n) is 13.3. The average Bonchev–Trinajstić information content (AvgIpc) is 3.23. The Labute approximate surface area is 136 Å². The van der Waals surface area contributed by atoms with Gasteiger partial charge in [0.05, 0.1) is 24.1 Å². The first-order valence-electron chi connectivity index (χ1n) is 8.49. The molecule has 1 heterocycles. The number of allylic oxidation sites excluding steroid dienone is 2. The summed E-state index contributed by atoms with van der Waals surface area (Å²) in [5.74, 6) is 0.943. The molecule has 0 aromatic heterocycles. The smallest absolute Gasteiger partial charge is 0.238 e. The first-order valence-corrected chi connectivity index (χ1v) is 8.49. The molecular weight excluding hydrogens is 290 g/mol. The summed E-state index contributed by atoms with van der Waals surface area (Å²) in [6.07, 6.45) is 7.30. The van der Waals surface area contributed by atoms with Crippen molar-refractivity contribution >= 4 is 17.5 Å². The summed E-state index contributed by atoms with van der Waals surface area (Å²) in [5, 5.41) is 0. The van der Waals surface area contributed by atoms with Gasteiger partial charge >= 0.3 is 0 Å². The van der Waals surface area contributed by atoms with Gasteiger partial charge in [0.15, 0.2) is 0 Å². The van der Waals surface area contributed by atoms with Gasteiger partial charge in [-0.1, -0.05) is 25.5 Å². The third-order valence-electron chi connectivity index (χ3n) is 5.33. The largest absolute Gasteiger partial charge is 0.494 e. The molecular formula is C19H21NO3. The first kappa shape index (κ1) is 14.5. The van der Waals surface area contributed by atoms with Gasteiger partial charge in [-0.2, -0.15) is 0 Å². The Morgan fingerprint density at radius 2 is 1.65 bits per heavy atom. The van der Waals surface area contributed by atoms with Gasteiger partial charge in [0, 0.05) is 0 Å². The summed E-state index contributed by atoms with van der Waals surface area (Å²) in [6.45, 7) is 2.81. The number of fused-ring (bicyclic) bond motifs is 5. The molecule has 1 aliphatic heterocycles. The van der Waals surface area contributed by atoms with Crippen LogP contribution in [-0.2, 0) is 9.59 Å². The van der Waals surface area contributed by atoms with Gasteiger partial charge in [-0.15, -0.1) is 0 Å². The van der Waals surface area contributed by atoms with Crippen LogP contribution >= 0.6 is 0 Å². The van der Waals surface area contributed by atoms with Gasteiger partial charge in [-0.05, 0) is 48.9 Å². The van der Waals surface area contributed by atoms with Crippen molar-refractivity contribution in [2.75, 3.05) is 11.5 Å². The lowest BCUT2D eigenvalue weighted by molar-refractivity contribution is -0.123.